The predicted octanol–water partition coefficient (Wildman–Crippen LogP) is 3.66. The number of rotatable bonds is 6. The molecule has 0 aliphatic rings. The molecule has 0 fully saturated rings. The molecule has 1 rings (SSSR count). The van der Waals surface area contributed by atoms with Crippen LogP contribution in [0.3, 0.4) is 0 Å². The maximum absolute atomic E-state index is 12.0. The van der Waals surface area contributed by atoms with Gasteiger partial charge in [-0.1, -0.05) is 12.1 Å². The number of nitrogens with one attached hydrogen (secondary N) is 1. The molecule has 1 atom stereocenters. The van der Waals surface area contributed by atoms with Gasteiger partial charge >= 0.3 is 6.36 Å². The average molecular weight is 291 g/mol. The van der Waals surface area contributed by atoms with Crippen molar-refractivity contribution in [2.24, 2.45) is 0 Å². The molecule has 0 saturated carbocycles. The minimum atomic E-state index is -4.66. The van der Waals surface area contributed by atoms with Crippen molar-refractivity contribution in [3.8, 4) is 5.75 Å². The number of halogens is 3. The van der Waals surface area contributed by atoms with Crippen LogP contribution >= 0.6 is 0 Å². The van der Waals surface area contributed by atoms with Crippen LogP contribution in [0.15, 0.2) is 24.3 Å². The molecule has 1 unspecified atom stereocenters. The van der Waals surface area contributed by atoms with Crippen LogP contribution in [0.4, 0.5) is 13.2 Å². The van der Waals surface area contributed by atoms with Crippen LogP contribution in [0.25, 0.3) is 0 Å². The fourth-order valence-electron chi connectivity index (χ4n) is 1.55. The monoisotopic (exact) mass is 291 g/mol. The Kier molecular flexibility index (Phi) is 5.42. The van der Waals surface area contributed by atoms with Crippen LogP contribution in [0, 0.1) is 0 Å². The van der Waals surface area contributed by atoms with Gasteiger partial charge in [0.1, 0.15) is 5.75 Å². The highest BCUT2D eigenvalue weighted by molar-refractivity contribution is 5.29. The van der Waals surface area contributed by atoms with Gasteiger partial charge in [0, 0.05) is 19.7 Å². The van der Waals surface area contributed by atoms with Gasteiger partial charge in [0.2, 0.25) is 0 Å². The van der Waals surface area contributed by atoms with E-state index < -0.39 is 6.36 Å². The van der Waals surface area contributed by atoms with Gasteiger partial charge in [0.05, 0.1) is 5.60 Å². The van der Waals surface area contributed by atoms with E-state index in [-0.39, 0.29) is 17.4 Å². The molecule has 0 radical (unpaired) electrons. The smallest absolute Gasteiger partial charge is 0.406 e. The molecule has 1 N–H and O–H groups in total. The first kappa shape index (κ1) is 16.8. The molecule has 0 aliphatic heterocycles. The van der Waals surface area contributed by atoms with Crippen LogP contribution in [-0.2, 0) is 4.74 Å². The Bertz CT molecular complexity index is 415. The highest BCUT2D eigenvalue weighted by Crippen LogP contribution is 2.24. The van der Waals surface area contributed by atoms with E-state index >= 15 is 0 Å². The highest BCUT2D eigenvalue weighted by Gasteiger charge is 2.31. The Hall–Kier alpha value is -1.27. The number of methoxy groups -OCH3 is 1. The lowest BCUT2D eigenvalue weighted by Gasteiger charge is -2.26. The average Bonchev–Trinajstić information content (AvgIpc) is 2.35. The SMILES string of the molecule is COC(C)(C)CNC(C)c1ccc(OC(F)(F)F)cc1. The Morgan fingerprint density at radius 2 is 1.70 bits per heavy atom. The maximum atomic E-state index is 12.0. The van der Waals surface area contributed by atoms with Crippen LogP contribution < -0.4 is 10.1 Å². The highest BCUT2D eigenvalue weighted by atomic mass is 19.4. The second-order valence-electron chi connectivity index (χ2n) is 5.18. The van der Waals surface area contributed by atoms with Gasteiger partial charge in [-0.2, -0.15) is 0 Å². The van der Waals surface area contributed by atoms with Crippen molar-refractivity contribution in [2.75, 3.05) is 13.7 Å². The van der Waals surface area contributed by atoms with Crippen molar-refractivity contribution in [3.05, 3.63) is 29.8 Å². The second kappa shape index (κ2) is 6.45. The largest absolute Gasteiger partial charge is 0.573 e. The lowest BCUT2D eigenvalue weighted by molar-refractivity contribution is -0.274. The molecule has 6 heteroatoms. The fourth-order valence-corrected chi connectivity index (χ4v) is 1.55. The number of hydrogen-bond acceptors (Lipinski definition) is 3. The molecule has 0 amide bonds. The molecule has 0 heterocycles. The molecule has 0 saturated heterocycles. The van der Waals surface area contributed by atoms with Gasteiger partial charge in [-0.3, -0.25) is 0 Å². The van der Waals surface area contributed by atoms with Gasteiger partial charge < -0.3 is 14.8 Å². The summed E-state index contributed by atoms with van der Waals surface area (Å²) in [6, 6.07) is 5.84. The number of hydrogen-bond donors (Lipinski definition) is 1. The van der Waals surface area contributed by atoms with E-state index in [4.69, 9.17) is 4.74 Å². The first-order valence-electron chi connectivity index (χ1n) is 6.27. The molecule has 0 aromatic heterocycles. The molecule has 114 valence electrons. The Morgan fingerprint density at radius 1 is 1.15 bits per heavy atom. The van der Waals surface area contributed by atoms with Gasteiger partial charge in [-0.05, 0) is 38.5 Å². The van der Waals surface area contributed by atoms with E-state index in [2.05, 4.69) is 10.1 Å². The van der Waals surface area contributed by atoms with E-state index in [0.717, 1.165) is 5.56 Å². The van der Waals surface area contributed by atoms with Crippen molar-refractivity contribution in [1.82, 2.24) is 5.32 Å². The van der Waals surface area contributed by atoms with Crippen molar-refractivity contribution >= 4 is 0 Å². The van der Waals surface area contributed by atoms with Gasteiger partial charge in [0.25, 0.3) is 0 Å². The topological polar surface area (TPSA) is 30.5 Å². The summed E-state index contributed by atoms with van der Waals surface area (Å²) in [6.07, 6.45) is -4.66. The molecule has 1 aromatic rings. The first-order chi connectivity index (χ1) is 9.13. The quantitative estimate of drug-likeness (QED) is 0.867. The van der Waals surface area contributed by atoms with Crippen LogP contribution in [0.1, 0.15) is 32.4 Å². The lowest BCUT2D eigenvalue weighted by Crippen LogP contribution is -2.37. The Morgan fingerprint density at radius 3 is 2.15 bits per heavy atom. The molecule has 0 spiro atoms. The summed E-state index contributed by atoms with van der Waals surface area (Å²) in [4.78, 5) is 0. The minimum Gasteiger partial charge on any atom is -0.406 e. The minimum absolute atomic E-state index is 0.00404. The van der Waals surface area contributed by atoms with Crippen molar-refractivity contribution in [2.45, 2.75) is 38.8 Å². The normalized spacial score (nSPS) is 14.2. The summed E-state index contributed by atoms with van der Waals surface area (Å²) >= 11 is 0. The summed E-state index contributed by atoms with van der Waals surface area (Å²) in [6.45, 7) is 6.47. The molecule has 3 nitrogen and oxygen atoms in total. The zero-order chi connectivity index (χ0) is 15.4. The second-order valence-corrected chi connectivity index (χ2v) is 5.18. The van der Waals surface area contributed by atoms with E-state index in [1.165, 1.54) is 12.1 Å². The molecular formula is C14H20F3NO2. The van der Waals surface area contributed by atoms with E-state index in [1.54, 1.807) is 19.2 Å². The number of ether oxygens (including phenoxy) is 2. The van der Waals surface area contributed by atoms with Gasteiger partial charge in [0.15, 0.2) is 0 Å². The molecule has 20 heavy (non-hydrogen) atoms. The van der Waals surface area contributed by atoms with Crippen LogP contribution in [0.2, 0.25) is 0 Å². The third kappa shape index (κ3) is 5.79. The summed E-state index contributed by atoms with van der Waals surface area (Å²) in [5.41, 5.74) is 0.583. The van der Waals surface area contributed by atoms with E-state index in [1.807, 2.05) is 20.8 Å². The van der Waals surface area contributed by atoms with Crippen LogP contribution in [0.5, 0.6) is 5.75 Å². The number of benzene rings is 1. The molecule has 0 aliphatic carbocycles. The van der Waals surface area contributed by atoms with Crippen molar-refractivity contribution < 1.29 is 22.6 Å². The molecular weight excluding hydrogens is 271 g/mol. The van der Waals surface area contributed by atoms with Crippen LogP contribution in [-0.4, -0.2) is 25.6 Å². The van der Waals surface area contributed by atoms with E-state index in [9.17, 15) is 13.2 Å². The first-order valence-corrected chi connectivity index (χ1v) is 6.27. The molecule has 1 aromatic carbocycles. The lowest BCUT2D eigenvalue weighted by atomic mass is 10.1. The molecule has 0 bridgehead atoms. The maximum Gasteiger partial charge on any atom is 0.573 e. The Balaban J connectivity index is 2.60. The van der Waals surface area contributed by atoms with Gasteiger partial charge in [-0.25, -0.2) is 0 Å². The summed E-state index contributed by atoms with van der Waals surface area (Å²) in [7, 11) is 1.63. The standard InChI is InChI=1S/C14H20F3NO2/c1-10(18-9-13(2,3)19-4)11-5-7-12(8-6-11)20-14(15,16)17/h5-8,10,18H,9H2,1-4H3. The summed E-state index contributed by atoms with van der Waals surface area (Å²) in [5, 5.41) is 3.27. The Labute approximate surface area is 117 Å². The van der Waals surface area contributed by atoms with E-state index in [0.29, 0.717) is 6.54 Å². The van der Waals surface area contributed by atoms with Crippen molar-refractivity contribution in [3.63, 3.8) is 0 Å². The summed E-state index contributed by atoms with van der Waals surface area (Å²) in [5.74, 6) is -0.217. The van der Waals surface area contributed by atoms with Crippen molar-refractivity contribution in [1.29, 1.82) is 0 Å². The third-order valence-corrected chi connectivity index (χ3v) is 3.00. The number of alkyl halides is 3. The zero-order valence-electron chi connectivity index (χ0n) is 12.0. The predicted molar refractivity (Wildman–Crippen MR) is 70.6 cm³/mol. The summed E-state index contributed by atoms with van der Waals surface area (Å²) < 4.78 is 45.2. The fraction of sp³-hybridized carbons (Fsp3) is 0.571. The van der Waals surface area contributed by atoms with Gasteiger partial charge in [-0.15, -0.1) is 13.2 Å². The third-order valence-electron chi connectivity index (χ3n) is 3.00. The zero-order valence-corrected chi connectivity index (χ0v) is 12.0.